The Morgan fingerprint density at radius 3 is 2.95 bits per heavy atom. The Balaban J connectivity index is 2.01. The smallest absolute Gasteiger partial charge is 0.358 e. The Hall–Kier alpha value is -2.21. The third-order valence-electron chi connectivity index (χ3n) is 3.26. The van der Waals surface area contributed by atoms with Gasteiger partial charge in [0, 0.05) is 4.70 Å². The Morgan fingerprint density at radius 1 is 1.40 bits per heavy atom. The lowest BCUT2D eigenvalue weighted by Gasteiger charge is -2.04. The lowest BCUT2D eigenvalue weighted by Crippen LogP contribution is -2.08. The summed E-state index contributed by atoms with van der Waals surface area (Å²) >= 11 is 1.68. The summed E-state index contributed by atoms with van der Waals surface area (Å²) < 4.78 is 2.90. The van der Waals surface area contributed by atoms with E-state index in [-0.39, 0.29) is 5.69 Å². The minimum absolute atomic E-state index is 0.0482. The first-order valence-corrected chi connectivity index (χ1v) is 7.19. The van der Waals surface area contributed by atoms with Crippen molar-refractivity contribution >= 4 is 27.4 Å². The number of aromatic carboxylic acids is 1. The largest absolute Gasteiger partial charge is 0.476 e. The van der Waals surface area contributed by atoms with E-state index in [1.807, 2.05) is 19.1 Å². The molecule has 1 aromatic carbocycles. The van der Waals surface area contributed by atoms with Gasteiger partial charge in [-0.25, -0.2) is 9.48 Å². The van der Waals surface area contributed by atoms with Gasteiger partial charge >= 0.3 is 5.97 Å². The van der Waals surface area contributed by atoms with Gasteiger partial charge in [0.05, 0.1) is 12.2 Å². The highest BCUT2D eigenvalue weighted by Gasteiger charge is 2.18. The highest BCUT2D eigenvalue weighted by atomic mass is 32.1. The van der Waals surface area contributed by atoms with Gasteiger partial charge in [0.25, 0.3) is 0 Å². The third kappa shape index (κ3) is 2.08. The maximum Gasteiger partial charge on any atom is 0.358 e. The maximum atomic E-state index is 11.1. The predicted molar refractivity (Wildman–Crippen MR) is 77.3 cm³/mol. The van der Waals surface area contributed by atoms with Gasteiger partial charge in [-0.1, -0.05) is 30.3 Å². The molecule has 0 radical (unpaired) electrons. The van der Waals surface area contributed by atoms with E-state index in [0.717, 1.165) is 5.56 Å². The van der Waals surface area contributed by atoms with Crippen molar-refractivity contribution in [2.24, 2.45) is 0 Å². The molecule has 3 aromatic rings. The van der Waals surface area contributed by atoms with E-state index in [2.05, 4.69) is 27.8 Å². The van der Waals surface area contributed by atoms with Crippen LogP contribution in [-0.2, 0) is 13.0 Å². The number of carboxylic acids is 1. The lowest BCUT2D eigenvalue weighted by molar-refractivity contribution is 0.0689. The first-order valence-electron chi connectivity index (χ1n) is 6.31. The zero-order valence-electron chi connectivity index (χ0n) is 10.9. The summed E-state index contributed by atoms with van der Waals surface area (Å²) in [4.78, 5) is 11.1. The fraction of sp³-hybridized carbons (Fsp3) is 0.214. The molecule has 20 heavy (non-hydrogen) atoms. The van der Waals surface area contributed by atoms with Crippen LogP contribution in [0.2, 0.25) is 0 Å². The average molecular weight is 287 g/mol. The quantitative estimate of drug-likeness (QED) is 0.801. The van der Waals surface area contributed by atoms with Crippen LogP contribution in [0.1, 0.15) is 28.7 Å². The standard InChI is InChI=1S/C14H13N3O2S/c1-2-11-13(14(18)19)15-16-17(11)7-9-8-20-12-6-4-3-5-10(9)12/h3-6,8H,2,7H2,1H3,(H,18,19). The van der Waals surface area contributed by atoms with Crippen LogP contribution in [0.4, 0.5) is 0 Å². The van der Waals surface area contributed by atoms with Crippen molar-refractivity contribution in [3.63, 3.8) is 0 Å². The van der Waals surface area contributed by atoms with Gasteiger partial charge in [-0.05, 0) is 28.8 Å². The summed E-state index contributed by atoms with van der Waals surface area (Å²) in [5.74, 6) is -1.02. The summed E-state index contributed by atoms with van der Waals surface area (Å²) in [6, 6.07) is 8.16. The fourth-order valence-corrected chi connectivity index (χ4v) is 3.25. The molecule has 0 saturated carbocycles. The summed E-state index contributed by atoms with van der Waals surface area (Å²) in [6.07, 6.45) is 0.594. The topological polar surface area (TPSA) is 68.0 Å². The highest BCUT2D eigenvalue weighted by molar-refractivity contribution is 7.17. The number of benzene rings is 1. The number of carbonyl (C=O) groups is 1. The molecular weight excluding hydrogens is 274 g/mol. The number of hydrogen-bond donors (Lipinski definition) is 1. The molecule has 0 saturated heterocycles. The number of hydrogen-bond acceptors (Lipinski definition) is 4. The van der Waals surface area contributed by atoms with Gasteiger partial charge in [0.15, 0.2) is 5.69 Å². The minimum atomic E-state index is -1.02. The van der Waals surface area contributed by atoms with Gasteiger partial charge in [-0.15, -0.1) is 16.4 Å². The van der Waals surface area contributed by atoms with Crippen LogP contribution < -0.4 is 0 Å². The molecule has 1 N–H and O–H groups in total. The molecule has 0 bridgehead atoms. The van der Waals surface area contributed by atoms with Crippen LogP contribution in [0, 0.1) is 0 Å². The van der Waals surface area contributed by atoms with Crippen molar-refractivity contribution in [2.75, 3.05) is 0 Å². The molecular formula is C14H13N3O2S. The van der Waals surface area contributed by atoms with Gasteiger partial charge in [0.1, 0.15) is 0 Å². The second kappa shape index (κ2) is 5.05. The minimum Gasteiger partial charge on any atom is -0.476 e. The second-order valence-electron chi connectivity index (χ2n) is 4.46. The first-order chi connectivity index (χ1) is 9.70. The van der Waals surface area contributed by atoms with Crippen molar-refractivity contribution in [3.05, 3.63) is 46.6 Å². The summed E-state index contributed by atoms with van der Waals surface area (Å²) in [6.45, 7) is 2.46. The van der Waals surface area contributed by atoms with E-state index in [1.165, 1.54) is 10.1 Å². The summed E-state index contributed by atoms with van der Waals surface area (Å²) in [7, 11) is 0. The summed E-state index contributed by atoms with van der Waals surface area (Å²) in [5, 5.41) is 20.1. The molecule has 0 unspecified atom stereocenters. The molecule has 0 fully saturated rings. The fourth-order valence-electron chi connectivity index (χ4n) is 2.29. The molecule has 102 valence electrons. The molecule has 0 spiro atoms. The van der Waals surface area contributed by atoms with Crippen LogP contribution in [0.25, 0.3) is 10.1 Å². The zero-order chi connectivity index (χ0) is 14.1. The van der Waals surface area contributed by atoms with Crippen LogP contribution >= 0.6 is 11.3 Å². The van der Waals surface area contributed by atoms with Crippen LogP contribution in [0.3, 0.4) is 0 Å². The van der Waals surface area contributed by atoms with Crippen molar-refractivity contribution < 1.29 is 9.90 Å². The normalized spacial score (nSPS) is 11.1. The van der Waals surface area contributed by atoms with Crippen molar-refractivity contribution in [2.45, 2.75) is 19.9 Å². The van der Waals surface area contributed by atoms with Crippen LogP contribution in [0.15, 0.2) is 29.6 Å². The van der Waals surface area contributed by atoms with Gasteiger partial charge in [-0.3, -0.25) is 0 Å². The highest BCUT2D eigenvalue weighted by Crippen LogP contribution is 2.26. The monoisotopic (exact) mass is 287 g/mol. The molecule has 2 heterocycles. The average Bonchev–Trinajstić information content (AvgIpc) is 3.04. The molecule has 0 aliphatic carbocycles. The molecule has 3 rings (SSSR count). The van der Waals surface area contributed by atoms with Crippen LogP contribution in [0.5, 0.6) is 0 Å². The molecule has 0 atom stereocenters. The van der Waals surface area contributed by atoms with Crippen molar-refractivity contribution in [1.82, 2.24) is 15.0 Å². The lowest BCUT2D eigenvalue weighted by atomic mass is 10.1. The molecule has 5 nitrogen and oxygen atoms in total. The number of fused-ring (bicyclic) bond motifs is 1. The Bertz CT molecular complexity index is 776. The third-order valence-corrected chi connectivity index (χ3v) is 4.27. The van der Waals surface area contributed by atoms with E-state index in [1.54, 1.807) is 16.0 Å². The first kappa shape index (κ1) is 12.8. The molecule has 2 aromatic heterocycles. The number of aromatic nitrogens is 3. The molecule has 6 heteroatoms. The summed E-state index contributed by atoms with van der Waals surface area (Å²) in [5.41, 5.74) is 1.85. The second-order valence-corrected chi connectivity index (χ2v) is 5.37. The molecule has 0 aliphatic heterocycles. The molecule has 0 amide bonds. The van der Waals surface area contributed by atoms with Crippen molar-refractivity contribution in [1.29, 1.82) is 0 Å². The van der Waals surface area contributed by atoms with Gasteiger partial charge in [0.2, 0.25) is 0 Å². The number of carboxylic acid groups (broad SMARTS) is 1. The van der Waals surface area contributed by atoms with Crippen LogP contribution in [-0.4, -0.2) is 26.1 Å². The van der Waals surface area contributed by atoms with E-state index < -0.39 is 5.97 Å². The Labute approximate surface area is 119 Å². The number of rotatable bonds is 4. The van der Waals surface area contributed by atoms with E-state index >= 15 is 0 Å². The van der Waals surface area contributed by atoms with Gasteiger partial charge < -0.3 is 5.11 Å². The molecule has 0 aliphatic rings. The SMILES string of the molecule is CCc1c(C(=O)O)nnn1Cc1csc2ccccc12. The predicted octanol–water partition coefficient (Wildman–Crippen LogP) is 2.80. The Kier molecular flexibility index (Phi) is 3.23. The van der Waals surface area contributed by atoms with E-state index in [9.17, 15) is 4.79 Å². The number of nitrogens with zero attached hydrogens (tertiary/aromatic N) is 3. The van der Waals surface area contributed by atoms with E-state index in [0.29, 0.717) is 18.7 Å². The van der Waals surface area contributed by atoms with Crippen molar-refractivity contribution in [3.8, 4) is 0 Å². The van der Waals surface area contributed by atoms with Gasteiger partial charge in [-0.2, -0.15) is 0 Å². The number of thiophene rings is 1. The zero-order valence-corrected chi connectivity index (χ0v) is 11.7. The Morgan fingerprint density at radius 2 is 2.20 bits per heavy atom. The maximum absolute atomic E-state index is 11.1. The van der Waals surface area contributed by atoms with E-state index in [4.69, 9.17) is 5.11 Å².